The number of rotatable bonds is 7. The molecule has 1 aromatic carbocycles. The monoisotopic (exact) mass is 364 g/mol. The second kappa shape index (κ2) is 8.75. The Morgan fingerprint density at radius 3 is 2.63 bits per heavy atom. The molecule has 27 heavy (non-hydrogen) atoms. The number of hydrogen-bond donors (Lipinski definition) is 1. The third-order valence-corrected chi connectivity index (χ3v) is 3.88. The number of ether oxygens (including phenoxy) is 1. The number of hydrogen-bond acceptors (Lipinski definition) is 5. The summed E-state index contributed by atoms with van der Waals surface area (Å²) in [7, 11) is 0. The highest BCUT2D eigenvalue weighted by atomic mass is 16.5. The van der Waals surface area contributed by atoms with Crippen LogP contribution in [0.2, 0.25) is 0 Å². The fourth-order valence-corrected chi connectivity index (χ4v) is 2.52. The summed E-state index contributed by atoms with van der Waals surface area (Å²) in [5.41, 5.74) is 1.60. The maximum atomic E-state index is 12.3. The third-order valence-electron chi connectivity index (χ3n) is 3.88. The van der Waals surface area contributed by atoms with Crippen LogP contribution in [-0.2, 0) is 6.54 Å². The van der Waals surface area contributed by atoms with Gasteiger partial charge in [-0.25, -0.2) is 4.98 Å². The van der Waals surface area contributed by atoms with Crippen LogP contribution in [0.25, 0.3) is 11.3 Å². The molecule has 0 saturated carbocycles. The van der Waals surface area contributed by atoms with Gasteiger partial charge in [-0.2, -0.15) is 0 Å². The molecule has 7 nitrogen and oxygen atoms in total. The van der Waals surface area contributed by atoms with Crippen LogP contribution in [-0.4, -0.2) is 33.6 Å². The first-order chi connectivity index (χ1) is 13.2. The van der Waals surface area contributed by atoms with Crippen LogP contribution in [0, 0.1) is 0 Å². The maximum absolute atomic E-state index is 12.3. The predicted molar refractivity (Wildman–Crippen MR) is 102 cm³/mol. The molecule has 1 N–H and O–H groups in total. The molecule has 0 aliphatic rings. The van der Waals surface area contributed by atoms with Gasteiger partial charge in [0, 0.05) is 30.9 Å². The van der Waals surface area contributed by atoms with Gasteiger partial charge in [0.05, 0.1) is 18.6 Å². The molecule has 138 valence electrons. The van der Waals surface area contributed by atoms with Gasteiger partial charge >= 0.3 is 0 Å². The molecule has 7 heteroatoms. The van der Waals surface area contributed by atoms with Gasteiger partial charge in [-0.05, 0) is 43.3 Å². The van der Waals surface area contributed by atoms with Crippen molar-refractivity contribution in [3.8, 4) is 17.0 Å². The van der Waals surface area contributed by atoms with Crippen molar-refractivity contribution in [2.75, 3.05) is 13.2 Å². The predicted octanol–water partition coefficient (Wildman–Crippen LogP) is 2.13. The van der Waals surface area contributed by atoms with Gasteiger partial charge in [0.2, 0.25) is 0 Å². The number of nitrogens with one attached hydrogen (secondary N) is 1. The topological polar surface area (TPSA) is 86.1 Å². The Hall–Kier alpha value is -3.48. The van der Waals surface area contributed by atoms with Crippen molar-refractivity contribution in [3.63, 3.8) is 0 Å². The lowest BCUT2D eigenvalue weighted by molar-refractivity contribution is 0.0947. The lowest BCUT2D eigenvalue weighted by atomic mass is 10.1. The van der Waals surface area contributed by atoms with E-state index in [9.17, 15) is 9.59 Å². The lowest BCUT2D eigenvalue weighted by Gasteiger charge is -2.08. The highest BCUT2D eigenvalue weighted by molar-refractivity contribution is 5.92. The van der Waals surface area contributed by atoms with Crippen LogP contribution >= 0.6 is 0 Å². The Kier molecular flexibility index (Phi) is 5.94. The van der Waals surface area contributed by atoms with Crippen LogP contribution in [0.4, 0.5) is 0 Å². The van der Waals surface area contributed by atoms with Gasteiger partial charge in [-0.15, -0.1) is 0 Å². The second-order valence-electron chi connectivity index (χ2n) is 5.73. The smallest absolute Gasteiger partial charge is 0.269 e. The lowest BCUT2D eigenvalue weighted by Crippen LogP contribution is -2.31. The summed E-state index contributed by atoms with van der Waals surface area (Å²) in [5.74, 6) is 0.501. The first-order valence-electron chi connectivity index (χ1n) is 8.66. The van der Waals surface area contributed by atoms with Crippen molar-refractivity contribution >= 4 is 5.91 Å². The molecule has 3 rings (SSSR count). The van der Waals surface area contributed by atoms with E-state index in [1.165, 1.54) is 17.0 Å². The largest absolute Gasteiger partial charge is 0.494 e. The number of pyridine rings is 1. The number of nitrogens with zero attached hydrogens (tertiary/aromatic N) is 3. The zero-order valence-electron chi connectivity index (χ0n) is 15.0. The molecule has 2 heterocycles. The molecule has 3 aromatic rings. The van der Waals surface area contributed by atoms with Crippen LogP contribution in [0.5, 0.6) is 5.75 Å². The molecular weight excluding hydrogens is 344 g/mol. The Bertz CT molecular complexity index is 953. The highest BCUT2D eigenvalue weighted by Crippen LogP contribution is 2.19. The molecule has 0 saturated heterocycles. The average molecular weight is 364 g/mol. The van der Waals surface area contributed by atoms with Crippen molar-refractivity contribution in [2.45, 2.75) is 13.5 Å². The quantitative estimate of drug-likeness (QED) is 0.694. The normalized spacial score (nSPS) is 10.4. The molecule has 0 spiro atoms. The number of carbonyl (C=O) groups excluding carboxylic acids is 1. The number of amides is 1. The van der Waals surface area contributed by atoms with Gasteiger partial charge in [-0.3, -0.25) is 19.1 Å². The molecule has 1 amide bonds. The second-order valence-corrected chi connectivity index (χ2v) is 5.73. The summed E-state index contributed by atoms with van der Waals surface area (Å²) in [6, 6.07) is 14.0. The van der Waals surface area contributed by atoms with E-state index in [2.05, 4.69) is 15.3 Å². The summed E-state index contributed by atoms with van der Waals surface area (Å²) in [4.78, 5) is 32.6. The summed E-state index contributed by atoms with van der Waals surface area (Å²) in [6.07, 6.45) is 3.05. The fraction of sp³-hybridized carbons (Fsp3) is 0.200. The van der Waals surface area contributed by atoms with E-state index >= 15 is 0 Å². The summed E-state index contributed by atoms with van der Waals surface area (Å²) in [5, 5.41) is 2.74. The minimum absolute atomic E-state index is 0.180. The minimum atomic E-state index is -0.275. The number of carbonyl (C=O) groups is 1. The van der Waals surface area contributed by atoms with Crippen LogP contribution in [0.1, 0.15) is 17.4 Å². The van der Waals surface area contributed by atoms with Gasteiger partial charge in [-0.1, -0.05) is 6.07 Å². The molecular formula is C20H20N4O3. The van der Waals surface area contributed by atoms with Crippen molar-refractivity contribution in [3.05, 3.63) is 77.1 Å². The Morgan fingerprint density at radius 1 is 1.15 bits per heavy atom. The third kappa shape index (κ3) is 4.78. The fourth-order valence-electron chi connectivity index (χ4n) is 2.52. The molecule has 0 radical (unpaired) electrons. The average Bonchev–Trinajstić information content (AvgIpc) is 2.70. The summed E-state index contributed by atoms with van der Waals surface area (Å²) >= 11 is 0. The molecule has 0 unspecified atom stereocenters. The maximum Gasteiger partial charge on any atom is 0.269 e. The molecule has 0 bridgehead atoms. The molecule has 0 fully saturated rings. The molecule has 0 atom stereocenters. The number of benzene rings is 1. The standard InChI is InChI=1S/C20H20N4O3/c1-2-27-16-8-6-15(7-9-16)18-13-19(25)24(14-23-18)12-11-22-20(26)17-5-3-4-10-21-17/h3-10,13-14H,2,11-12H2,1H3,(H,22,26). The molecule has 0 aliphatic heterocycles. The highest BCUT2D eigenvalue weighted by Gasteiger charge is 2.07. The van der Waals surface area contributed by atoms with Gasteiger partial charge in [0.1, 0.15) is 11.4 Å². The summed E-state index contributed by atoms with van der Waals surface area (Å²) in [6.45, 7) is 3.16. The van der Waals surface area contributed by atoms with Crippen molar-refractivity contribution in [1.29, 1.82) is 0 Å². The molecule has 2 aromatic heterocycles. The number of aromatic nitrogens is 3. The van der Waals surface area contributed by atoms with Crippen molar-refractivity contribution in [1.82, 2.24) is 19.9 Å². The van der Waals surface area contributed by atoms with E-state index in [1.54, 1.807) is 24.4 Å². The van der Waals surface area contributed by atoms with Crippen molar-refractivity contribution < 1.29 is 9.53 Å². The Labute approximate surface area is 156 Å². The van der Waals surface area contributed by atoms with E-state index in [1.807, 2.05) is 31.2 Å². The SMILES string of the molecule is CCOc1ccc(-c2cc(=O)n(CCNC(=O)c3ccccn3)cn2)cc1. The van der Waals surface area contributed by atoms with Gasteiger partial charge in [0.25, 0.3) is 11.5 Å². The van der Waals surface area contributed by atoms with Crippen molar-refractivity contribution in [2.24, 2.45) is 0 Å². The van der Waals surface area contributed by atoms with Gasteiger partial charge in [0.15, 0.2) is 0 Å². The van der Waals surface area contributed by atoms with Gasteiger partial charge < -0.3 is 10.1 Å². The van der Waals surface area contributed by atoms with Crippen LogP contribution in [0.3, 0.4) is 0 Å². The van der Waals surface area contributed by atoms with E-state index in [0.29, 0.717) is 31.1 Å². The minimum Gasteiger partial charge on any atom is -0.494 e. The zero-order chi connectivity index (χ0) is 19.1. The summed E-state index contributed by atoms with van der Waals surface area (Å²) < 4.78 is 6.87. The van der Waals surface area contributed by atoms with E-state index in [4.69, 9.17) is 4.74 Å². The van der Waals surface area contributed by atoms with E-state index < -0.39 is 0 Å². The van der Waals surface area contributed by atoms with E-state index in [-0.39, 0.29) is 11.5 Å². The first kappa shape index (κ1) is 18.3. The molecule has 0 aliphatic carbocycles. The van der Waals surface area contributed by atoms with Crippen LogP contribution < -0.4 is 15.6 Å². The zero-order valence-corrected chi connectivity index (χ0v) is 15.0. The van der Waals surface area contributed by atoms with Crippen LogP contribution in [0.15, 0.2) is 65.8 Å². The Morgan fingerprint density at radius 2 is 1.96 bits per heavy atom. The van der Waals surface area contributed by atoms with E-state index in [0.717, 1.165) is 11.3 Å². The first-order valence-corrected chi connectivity index (χ1v) is 8.66. The Balaban J connectivity index is 1.61.